The Bertz CT molecular complexity index is 805. The number of nitrogens with one attached hydrogen (secondary N) is 3. The Morgan fingerprint density at radius 1 is 1.08 bits per heavy atom. The number of hydrogen-bond donors (Lipinski definition) is 3. The molecular weight excluding hydrogens is 420 g/mol. The van der Waals surface area contributed by atoms with Gasteiger partial charge in [-0.15, -0.1) is 11.8 Å². The lowest BCUT2D eigenvalue weighted by Crippen LogP contribution is -2.43. The summed E-state index contributed by atoms with van der Waals surface area (Å²) in [5.74, 6) is -0.809. The van der Waals surface area contributed by atoms with Crippen LogP contribution in [-0.2, 0) is 16.6 Å². The monoisotopic (exact) mass is 438 g/mol. The molecule has 2 aromatic rings. The van der Waals surface area contributed by atoms with E-state index in [9.17, 15) is 14.4 Å². The van der Waals surface area contributed by atoms with Gasteiger partial charge in [0.25, 0.3) is 5.91 Å². The van der Waals surface area contributed by atoms with Gasteiger partial charge in [-0.25, -0.2) is 0 Å². The molecule has 138 valence electrons. The fourth-order valence-electron chi connectivity index (χ4n) is 2.05. The lowest BCUT2D eigenvalue weighted by Gasteiger charge is -2.08. The van der Waals surface area contributed by atoms with Crippen molar-refractivity contribution in [3.63, 3.8) is 0 Å². The Morgan fingerprint density at radius 2 is 1.73 bits per heavy atom. The molecule has 0 fully saturated rings. The van der Waals surface area contributed by atoms with Gasteiger partial charge in [0, 0.05) is 23.4 Å². The van der Waals surface area contributed by atoms with E-state index < -0.39 is 5.91 Å². The van der Waals surface area contributed by atoms with Gasteiger partial charge < -0.3 is 9.88 Å². The van der Waals surface area contributed by atoms with Crippen LogP contribution in [0.15, 0.2) is 41.0 Å². The Balaban J connectivity index is 1.67. The summed E-state index contributed by atoms with van der Waals surface area (Å²) in [6, 6.07) is 9.10. The van der Waals surface area contributed by atoms with Gasteiger partial charge in [0.05, 0.1) is 11.5 Å². The molecule has 3 N–H and O–H groups in total. The molecule has 0 bridgehead atoms. The van der Waals surface area contributed by atoms with E-state index in [0.717, 1.165) is 21.8 Å². The molecule has 0 unspecified atom stereocenters. The Labute approximate surface area is 164 Å². The minimum absolute atomic E-state index is 0.0540. The van der Waals surface area contributed by atoms with Crippen molar-refractivity contribution in [1.29, 1.82) is 0 Å². The minimum Gasteiger partial charge on any atom is -0.345 e. The van der Waals surface area contributed by atoms with Crippen LogP contribution in [0.5, 0.6) is 0 Å². The molecule has 0 aliphatic carbocycles. The number of aromatic nitrogens is 1. The fourth-order valence-corrected chi connectivity index (χ4v) is 3.19. The summed E-state index contributed by atoms with van der Waals surface area (Å²) in [5, 5.41) is 2.75. The number of halogens is 1. The number of aryl methyl sites for hydroxylation is 2. The number of carbonyl (C=O) groups is 3. The predicted molar refractivity (Wildman–Crippen MR) is 106 cm³/mol. The first-order chi connectivity index (χ1) is 12.3. The van der Waals surface area contributed by atoms with Gasteiger partial charge in [-0.3, -0.25) is 25.2 Å². The highest BCUT2D eigenvalue weighted by Crippen LogP contribution is 2.13. The summed E-state index contributed by atoms with van der Waals surface area (Å²) in [6.07, 6.45) is 1.74. The van der Waals surface area contributed by atoms with Crippen LogP contribution in [0.25, 0.3) is 0 Å². The molecular formula is C17H19BrN4O3S. The smallest absolute Gasteiger partial charge is 0.286 e. The average Bonchev–Trinajstić information content (AvgIpc) is 2.93. The lowest BCUT2D eigenvalue weighted by molar-refractivity contribution is -0.119. The number of amides is 3. The second kappa shape index (κ2) is 9.44. The Morgan fingerprint density at radius 3 is 2.35 bits per heavy atom. The van der Waals surface area contributed by atoms with E-state index in [0.29, 0.717) is 11.4 Å². The van der Waals surface area contributed by atoms with Gasteiger partial charge in [0.15, 0.2) is 0 Å². The van der Waals surface area contributed by atoms with E-state index in [-0.39, 0.29) is 23.3 Å². The first-order valence-electron chi connectivity index (χ1n) is 7.70. The molecule has 1 heterocycles. The molecule has 0 atom stereocenters. The molecule has 3 amide bonds. The number of thioether (sulfide) groups is 1. The van der Waals surface area contributed by atoms with Crippen molar-refractivity contribution in [2.45, 2.75) is 6.92 Å². The number of carbonyl (C=O) groups excluding carboxylic acids is 3. The van der Waals surface area contributed by atoms with Gasteiger partial charge >= 0.3 is 0 Å². The molecule has 2 rings (SSSR count). The van der Waals surface area contributed by atoms with Crippen LogP contribution in [-0.4, -0.2) is 33.8 Å². The summed E-state index contributed by atoms with van der Waals surface area (Å²) < 4.78 is 2.40. The zero-order valence-corrected chi connectivity index (χ0v) is 16.7. The number of benzene rings is 1. The van der Waals surface area contributed by atoms with Crippen molar-refractivity contribution in [2.24, 2.45) is 7.05 Å². The SMILES string of the molecule is Cc1ccc(NC(=O)CSCC(=O)NNC(=O)c2cc(Br)cn2C)cc1. The van der Waals surface area contributed by atoms with E-state index in [1.807, 2.05) is 31.2 Å². The summed E-state index contributed by atoms with van der Waals surface area (Å²) in [5.41, 5.74) is 6.90. The van der Waals surface area contributed by atoms with Crippen molar-refractivity contribution in [3.8, 4) is 0 Å². The molecule has 0 saturated carbocycles. The highest BCUT2D eigenvalue weighted by molar-refractivity contribution is 9.10. The number of anilines is 1. The molecule has 1 aromatic carbocycles. The highest BCUT2D eigenvalue weighted by atomic mass is 79.9. The van der Waals surface area contributed by atoms with Gasteiger partial charge in [0.2, 0.25) is 11.8 Å². The average molecular weight is 439 g/mol. The van der Waals surface area contributed by atoms with Gasteiger partial charge in [-0.05, 0) is 41.1 Å². The third-order valence-electron chi connectivity index (χ3n) is 3.32. The van der Waals surface area contributed by atoms with E-state index in [2.05, 4.69) is 32.1 Å². The van der Waals surface area contributed by atoms with Gasteiger partial charge in [0.1, 0.15) is 5.69 Å². The van der Waals surface area contributed by atoms with Gasteiger partial charge in [-0.1, -0.05) is 17.7 Å². The molecule has 0 radical (unpaired) electrons. The summed E-state index contributed by atoms with van der Waals surface area (Å²) in [7, 11) is 1.73. The van der Waals surface area contributed by atoms with E-state index in [4.69, 9.17) is 0 Å². The zero-order chi connectivity index (χ0) is 19.1. The second-order valence-corrected chi connectivity index (χ2v) is 7.47. The third kappa shape index (κ3) is 6.23. The van der Waals surface area contributed by atoms with Gasteiger partial charge in [-0.2, -0.15) is 0 Å². The Hall–Kier alpha value is -2.26. The lowest BCUT2D eigenvalue weighted by atomic mass is 10.2. The quantitative estimate of drug-likeness (QED) is 0.602. The zero-order valence-electron chi connectivity index (χ0n) is 14.3. The number of nitrogens with zero attached hydrogens (tertiary/aromatic N) is 1. The first-order valence-corrected chi connectivity index (χ1v) is 9.65. The highest BCUT2D eigenvalue weighted by Gasteiger charge is 2.12. The maximum Gasteiger partial charge on any atom is 0.286 e. The number of hydrazine groups is 1. The molecule has 0 saturated heterocycles. The number of rotatable bonds is 6. The van der Waals surface area contributed by atoms with Crippen molar-refractivity contribution in [3.05, 3.63) is 52.3 Å². The predicted octanol–water partition coefficient (Wildman–Crippen LogP) is 2.23. The summed E-state index contributed by atoms with van der Waals surface area (Å²) in [6.45, 7) is 1.97. The van der Waals surface area contributed by atoms with Crippen LogP contribution < -0.4 is 16.2 Å². The molecule has 0 aliphatic rings. The van der Waals surface area contributed by atoms with Crippen LogP contribution in [0.1, 0.15) is 16.1 Å². The molecule has 7 nitrogen and oxygen atoms in total. The van der Waals surface area contributed by atoms with Crippen molar-refractivity contribution < 1.29 is 14.4 Å². The van der Waals surface area contributed by atoms with Crippen molar-refractivity contribution in [2.75, 3.05) is 16.8 Å². The molecule has 9 heteroatoms. The largest absolute Gasteiger partial charge is 0.345 e. The second-order valence-electron chi connectivity index (χ2n) is 5.56. The van der Waals surface area contributed by atoms with Crippen LogP contribution >= 0.6 is 27.7 Å². The third-order valence-corrected chi connectivity index (χ3v) is 4.69. The van der Waals surface area contributed by atoms with E-state index >= 15 is 0 Å². The normalized spacial score (nSPS) is 10.3. The summed E-state index contributed by atoms with van der Waals surface area (Å²) >= 11 is 4.44. The standard InChI is InChI=1S/C17H19BrN4O3S/c1-11-3-5-13(6-4-11)19-15(23)9-26-10-16(24)20-21-17(25)14-7-12(18)8-22(14)2/h3-8H,9-10H2,1-2H3,(H,19,23)(H,20,24)(H,21,25). The molecule has 0 aliphatic heterocycles. The summed E-state index contributed by atoms with van der Waals surface area (Å²) in [4.78, 5) is 35.5. The van der Waals surface area contributed by atoms with Crippen LogP contribution in [0.3, 0.4) is 0 Å². The van der Waals surface area contributed by atoms with Crippen molar-refractivity contribution in [1.82, 2.24) is 15.4 Å². The minimum atomic E-state index is -0.423. The molecule has 0 spiro atoms. The topological polar surface area (TPSA) is 92.2 Å². The fraction of sp³-hybridized carbons (Fsp3) is 0.235. The van der Waals surface area contributed by atoms with Crippen LogP contribution in [0, 0.1) is 6.92 Å². The number of hydrogen-bond acceptors (Lipinski definition) is 4. The Kier molecular flexibility index (Phi) is 7.28. The van der Waals surface area contributed by atoms with Crippen LogP contribution in [0.4, 0.5) is 5.69 Å². The van der Waals surface area contributed by atoms with Crippen LogP contribution in [0.2, 0.25) is 0 Å². The maximum absolute atomic E-state index is 12.0. The van der Waals surface area contributed by atoms with E-state index in [1.54, 1.807) is 23.9 Å². The first kappa shape index (κ1) is 20.1. The maximum atomic E-state index is 12.0. The van der Waals surface area contributed by atoms with Crippen molar-refractivity contribution >= 4 is 51.1 Å². The molecule has 1 aromatic heterocycles. The van der Waals surface area contributed by atoms with E-state index in [1.165, 1.54) is 0 Å². The molecule has 26 heavy (non-hydrogen) atoms.